The van der Waals surface area contributed by atoms with Crippen LogP contribution in [0.15, 0.2) is 76.5 Å². The van der Waals surface area contributed by atoms with Gasteiger partial charge in [-0.1, -0.05) is 36.4 Å². The first-order chi connectivity index (χ1) is 20.6. The van der Waals surface area contributed by atoms with Crippen molar-refractivity contribution in [2.24, 2.45) is 0 Å². The molecule has 10 nitrogen and oxygen atoms in total. The molecule has 1 unspecified atom stereocenters. The lowest BCUT2D eigenvalue weighted by Gasteiger charge is -2.38. The number of benzene rings is 3. The van der Waals surface area contributed by atoms with Gasteiger partial charge in [-0.15, -0.1) is 0 Å². The monoisotopic (exact) mass is 630 g/mol. The van der Waals surface area contributed by atoms with Crippen LogP contribution in [0.2, 0.25) is 0 Å². The van der Waals surface area contributed by atoms with Crippen LogP contribution in [0, 0.1) is 0 Å². The zero-order chi connectivity index (χ0) is 30.3. The first-order valence-electron chi connectivity index (χ1n) is 14.7. The van der Waals surface area contributed by atoms with E-state index in [4.69, 9.17) is 9.47 Å². The zero-order valence-electron chi connectivity index (χ0n) is 23.9. The van der Waals surface area contributed by atoms with Gasteiger partial charge in [0.05, 0.1) is 33.4 Å². The molecule has 232 valence electrons. The van der Waals surface area contributed by atoms with Crippen molar-refractivity contribution in [1.29, 1.82) is 0 Å². The predicted molar refractivity (Wildman–Crippen MR) is 161 cm³/mol. The highest BCUT2D eigenvalue weighted by molar-refractivity contribution is 7.93. The fourth-order valence-electron chi connectivity index (χ4n) is 6.12. The molecule has 3 fully saturated rings. The number of sulfonamides is 1. The molecule has 1 saturated carbocycles. The number of nitrogens with zero attached hydrogens (tertiary/aromatic N) is 1. The lowest BCUT2D eigenvalue weighted by Crippen LogP contribution is -2.47. The van der Waals surface area contributed by atoms with Crippen molar-refractivity contribution in [3.8, 4) is 5.75 Å². The smallest absolute Gasteiger partial charge is 0.243 e. The summed E-state index contributed by atoms with van der Waals surface area (Å²) < 4.78 is 64.8. The molecule has 0 amide bonds. The van der Waals surface area contributed by atoms with Gasteiger partial charge in [0, 0.05) is 25.7 Å². The summed E-state index contributed by atoms with van der Waals surface area (Å²) >= 11 is 0. The van der Waals surface area contributed by atoms with Crippen molar-refractivity contribution in [3.05, 3.63) is 66.7 Å². The van der Waals surface area contributed by atoms with Gasteiger partial charge >= 0.3 is 0 Å². The Morgan fingerprint density at radius 1 is 0.930 bits per heavy atom. The second-order valence-corrected chi connectivity index (χ2v) is 16.3. The first-order valence-corrected chi connectivity index (χ1v) is 17.6. The van der Waals surface area contributed by atoms with Crippen LogP contribution in [0.3, 0.4) is 0 Å². The highest BCUT2D eigenvalue weighted by Gasteiger charge is 2.54. The molecule has 1 spiro atoms. The quantitative estimate of drug-likeness (QED) is 0.291. The standard InChI is InChI=1S/C31H38N2O8S2/c34-22-31(10-11-31)42(36,37)28-7-3-6-27(17-28)40-21-26(35)19-32-25-18-30(41-20-25)12-14-33(15-13-30)43(38,39)29-9-8-23-4-1-2-5-24(23)16-29/h1-9,16-17,25-26,32,34-35H,10-15,18-22H2/t25-,26?/m1/s1. The van der Waals surface area contributed by atoms with Crippen molar-refractivity contribution in [3.63, 3.8) is 0 Å². The van der Waals surface area contributed by atoms with E-state index in [2.05, 4.69) is 5.32 Å². The number of sulfone groups is 1. The minimum absolute atomic E-state index is 0.0139. The van der Waals surface area contributed by atoms with Crippen molar-refractivity contribution in [2.45, 2.75) is 64.4 Å². The van der Waals surface area contributed by atoms with Crippen LogP contribution < -0.4 is 10.1 Å². The van der Waals surface area contributed by atoms with Crippen molar-refractivity contribution in [2.75, 3.05) is 39.5 Å². The lowest BCUT2D eigenvalue weighted by atomic mass is 9.88. The molecule has 6 rings (SSSR count). The van der Waals surface area contributed by atoms with E-state index in [-0.39, 0.29) is 24.1 Å². The second kappa shape index (κ2) is 11.7. The molecule has 0 aromatic heterocycles. The number of fused-ring (bicyclic) bond motifs is 1. The van der Waals surface area contributed by atoms with Crippen LogP contribution in [0.1, 0.15) is 32.1 Å². The molecule has 0 radical (unpaired) electrons. The molecule has 2 aliphatic heterocycles. The minimum Gasteiger partial charge on any atom is -0.491 e. The highest BCUT2D eigenvalue weighted by Crippen LogP contribution is 2.46. The summed E-state index contributed by atoms with van der Waals surface area (Å²) in [6.07, 6.45) is 1.96. The van der Waals surface area contributed by atoms with Crippen LogP contribution >= 0.6 is 0 Å². The SMILES string of the molecule is O=S(=O)(c1ccc2ccccc2c1)N1CCC2(CC1)C[C@@H](NCC(O)COc1cccc(S(=O)(=O)C3(CO)CC3)c1)CO2. The number of rotatable bonds is 11. The van der Waals surface area contributed by atoms with Gasteiger partial charge < -0.3 is 25.0 Å². The van der Waals surface area contributed by atoms with Gasteiger partial charge in [0.15, 0.2) is 9.84 Å². The third kappa shape index (κ3) is 6.06. The van der Waals surface area contributed by atoms with Crippen LogP contribution in [0.25, 0.3) is 10.8 Å². The van der Waals surface area contributed by atoms with E-state index in [0.717, 1.165) is 17.2 Å². The minimum atomic E-state index is -3.66. The number of aliphatic hydroxyl groups is 2. The van der Waals surface area contributed by atoms with E-state index >= 15 is 0 Å². The summed E-state index contributed by atoms with van der Waals surface area (Å²) in [5.74, 6) is 0.336. The molecule has 3 aromatic rings. The first kappa shape index (κ1) is 30.4. The Balaban J connectivity index is 0.971. The van der Waals surface area contributed by atoms with E-state index in [1.807, 2.05) is 30.3 Å². The molecule has 2 saturated heterocycles. The van der Waals surface area contributed by atoms with Gasteiger partial charge in [0.2, 0.25) is 10.0 Å². The van der Waals surface area contributed by atoms with Crippen molar-refractivity contribution in [1.82, 2.24) is 9.62 Å². The molecule has 12 heteroatoms. The number of hydrogen-bond donors (Lipinski definition) is 3. The third-order valence-electron chi connectivity index (χ3n) is 9.07. The molecule has 3 aliphatic rings. The number of nitrogens with one attached hydrogen (secondary N) is 1. The van der Waals surface area contributed by atoms with Gasteiger partial charge in [-0.25, -0.2) is 16.8 Å². The number of piperidine rings is 1. The highest BCUT2D eigenvalue weighted by atomic mass is 32.2. The molecule has 2 heterocycles. The van der Waals surface area contributed by atoms with Crippen molar-refractivity contribution < 1.29 is 36.5 Å². The van der Waals surface area contributed by atoms with Gasteiger partial charge in [0.25, 0.3) is 0 Å². The second-order valence-electron chi connectivity index (χ2n) is 12.0. The fraction of sp³-hybridized carbons (Fsp3) is 0.484. The van der Waals surface area contributed by atoms with E-state index in [0.29, 0.717) is 56.0 Å². The summed E-state index contributed by atoms with van der Waals surface area (Å²) in [5, 5.41) is 25.3. The van der Waals surface area contributed by atoms with E-state index in [1.165, 1.54) is 12.1 Å². The van der Waals surface area contributed by atoms with Gasteiger partial charge in [-0.05, 0) is 73.2 Å². The third-order valence-corrected chi connectivity index (χ3v) is 13.5. The molecular formula is C31H38N2O8S2. The average Bonchev–Trinajstić information content (AvgIpc) is 3.75. The van der Waals surface area contributed by atoms with Crippen LogP contribution in [-0.2, 0) is 24.6 Å². The maximum atomic E-state index is 13.4. The summed E-state index contributed by atoms with van der Waals surface area (Å²) in [6, 6.07) is 19.1. The molecule has 1 aliphatic carbocycles. The Hall–Kier alpha value is -2.58. The lowest BCUT2D eigenvalue weighted by molar-refractivity contribution is -0.0312. The van der Waals surface area contributed by atoms with Gasteiger partial charge in [0.1, 0.15) is 18.5 Å². The van der Waals surface area contributed by atoms with Gasteiger partial charge in [-0.3, -0.25) is 0 Å². The molecule has 3 aromatic carbocycles. The number of hydrogen-bond acceptors (Lipinski definition) is 9. The Morgan fingerprint density at radius 3 is 2.40 bits per heavy atom. The van der Waals surface area contributed by atoms with E-state index < -0.39 is 42.9 Å². The molecule has 0 bridgehead atoms. The van der Waals surface area contributed by atoms with Crippen molar-refractivity contribution >= 4 is 30.6 Å². The fourth-order valence-corrected chi connectivity index (χ4v) is 9.44. The Labute approximate surface area is 252 Å². The average molecular weight is 631 g/mol. The normalized spacial score (nSPS) is 22.5. The summed E-state index contributed by atoms with van der Waals surface area (Å²) in [4.78, 5) is 0.407. The zero-order valence-corrected chi connectivity index (χ0v) is 25.5. The molecule has 43 heavy (non-hydrogen) atoms. The topological polar surface area (TPSA) is 142 Å². The van der Waals surface area contributed by atoms with Crippen LogP contribution in [0.4, 0.5) is 0 Å². The maximum absolute atomic E-state index is 13.4. The molecular weight excluding hydrogens is 592 g/mol. The predicted octanol–water partition coefficient (Wildman–Crippen LogP) is 2.48. The summed E-state index contributed by atoms with van der Waals surface area (Å²) in [5.41, 5.74) is -0.395. The van der Waals surface area contributed by atoms with Crippen LogP contribution in [-0.4, -0.2) is 93.3 Å². The molecule has 2 atom stereocenters. The van der Waals surface area contributed by atoms with E-state index in [9.17, 15) is 27.0 Å². The Kier molecular flexibility index (Phi) is 8.31. The Morgan fingerprint density at radius 2 is 1.67 bits per heavy atom. The maximum Gasteiger partial charge on any atom is 0.243 e. The van der Waals surface area contributed by atoms with E-state index in [1.54, 1.807) is 28.6 Å². The summed E-state index contributed by atoms with van der Waals surface area (Å²) in [6.45, 7) is 1.07. The molecule has 3 N–H and O–H groups in total. The van der Waals surface area contributed by atoms with Crippen LogP contribution in [0.5, 0.6) is 5.75 Å². The van der Waals surface area contributed by atoms with Gasteiger partial charge in [-0.2, -0.15) is 4.31 Å². The largest absolute Gasteiger partial charge is 0.491 e. The number of aliphatic hydroxyl groups excluding tert-OH is 2. The Bertz CT molecular complexity index is 1680. The number of ether oxygens (including phenoxy) is 2. The summed E-state index contributed by atoms with van der Waals surface area (Å²) in [7, 11) is -7.27.